The third kappa shape index (κ3) is 2.86. The van der Waals surface area contributed by atoms with Crippen LogP contribution >= 0.6 is 22.9 Å². The second-order valence-corrected chi connectivity index (χ2v) is 5.24. The van der Waals surface area contributed by atoms with E-state index in [1.165, 1.54) is 11.3 Å². The average molecular weight is 300 g/mol. The maximum Gasteiger partial charge on any atom is 0.334 e. The van der Waals surface area contributed by atoms with Gasteiger partial charge in [0, 0.05) is 10.1 Å². The molecule has 5 nitrogen and oxygen atoms in total. The number of fused-ring (bicyclic) bond motifs is 1. The third-order valence-corrected chi connectivity index (χ3v) is 4.16. The number of nitrogens with one attached hydrogen (secondary N) is 1. The van der Waals surface area contributed by atoms with Crippen molar-refractivity contribution < 1.29 is 19.8 Å². The summed E-state index contributed by atoms with van der Waals surface area (Å²) in [5.74, 6) is -1.88. The SMILES string of the molecule is O=C(NCC(O)C(=O)O)c1sc2ccccc2c1Cl. The number of hydrogen-bond donors (Lipinski definition) is 3. The molecular formula is C12H10ClNO4S. The fraction of sp³-hybridized carbons (Fsp3) is 0.167. The molecule has 0 radical (unpaired) electrons. The molecule has 0 aliphatic carbocycles. The first-order valence-corrected chi connectivity index (χ1v) is 6.56. The second kappa shape index (κ2) is 5.56. The summed E-state index contributed by atoms with van der Waals surface area (Å²) in [5, 5.41) is 21.0. The minimum atomic E-state index is -1.63. The number of amides is 1. The summed E-state index contributed by atoms with van der Waals surface area (Å²) in [7, 11) is 0. The molecule has 1 amide bonds. The van der Waals surface area contributed by atoms with Crippen LogP contribution < -0.4 is 5.32 Å². The van der Waals surface area contributed by atoms with Crippen LogP contribution in [-0.4, -0.2) is 34.7 Å². The maximum atomic E-state index is 11.9. The Morgan fingerprint density at radius 3 is 2.68 bits per heavy atom. The van der Waals surface area contributed by atoms with Crippen molar-refractivity contribution in [2.24, 2.45) is 0 Å². The Balaban J connectivity index is 2.18. The summed E-state index contributed by atoms with van der Waals surface area (Å²) >= 11 is 7.32. The molecule has 0 aliphatic heterocycles. The molecule has 2 rings (SSSR count). The number of carbonyl (C=O) groups excluding carboxylic acids is 1. The zero-order valence-electron chi connectivity index (χ0n) is 9.59. The van der Waals surface area contributed by atoms with Gasteiger partial charge in [-0.05, 0) is 6.07 Å². The lowest BCUT2D eigenvalue weighted by Gasteiger charge is -2.06. The molecule has 0 fully saturated rings. The number of hydrogen-bond acceptors (Lipinski definition) is 4. The topological polar surface area (TPSA) is 86.6 Å². The molecule has 1 heterocycles. The number of aliphatic hydroxyl groups is 1. The van der Waals surface area contributed by atoms with E-state index in [0.717, 1.165) is 10.1 Å². The molecule has 2 aromatic rings. The molecule has 1 aromatic heterocycles. The summed E-state index contributed by atoms with van der Waals surface area (Å²) in [6.45, 7) is -0.362. The number of thiophene rings is 1. The van der Waals surface area contributed by atoms with E-state index in [2.05, 4.69) is 5.32 Å². The van der Waals surface area contributed by atoms with Crippen LogP contribution in [0.4, 0.5) is 0 Å². The number of aliphatic hydroxyl groups excluding tert-OH is 1. The van der Waals surface area contributed by atoms with E-state index in [4.69, 9.17) is 21.8 Å². The molecule has 1 aromatic carbocycles. The highest BCUT2D eigenvalue weighted by atomic mass is 35.5. The first-order chi connectivity index (χ1) is 9.00. The van der Waals surface area contributed by atoms with E-state index in [1.807, 2.05) is 18.2 Å². The van der Waals surface area contributed by atoms with Crippen molar-refractivity contribution in [1.82, 2.24) is 5.32 Å². The molecule has 0 saturated heterocycles. The van der Waals surface area contributed by atoms with Crippen LogP contribution in [0.5, 0.6) is 0 Å². The van der Waals surface area contributed by atoms with Gasteiger partial charge in [0.2, 0.25) is 0 Å². The summed E-state index contributed by atoms with van der Waals surface area (Å²) in [5.41, 5.74) is 0. The van der Waals surface area contributed by atoms with E-state index in [9.17, 15) is 9.59 Å². The van der Waals surface area contributed by atoms with E-state index in [-0.39, 0.29) is 6.54 Å². The molecule has 1 unspecified atom stereocenters. The Labute approximate surface area is 117 Å². The number of carbonyl (C=O) groups is 2. The van der Waals surface area contributed by atoms with Gasteiger partial charge < -0.3 is 15.5 Å². The van der Waals surface area contributed by atoms with Crippen LogP contribution in [0.25, 0.3) is 10.1 Å². The van der Waals surface area contributed by atoms with Gasteiger partial charge in [0.05, 0.1) is 11.6 Å². The summed E-state index contributed by atoms with van der Waals surface area (Å²) in [4.78, 5) is 22.6. The predicted octanol–water partition coefficient (Wildman–Crippen LogP) is 1.73. The van der Waals surface area contributed by atoms with Crippen molar-refractivity contribution in [3.63, 3.8) is 0 Å². The minimum absolute atomic E-state index is 0.306. The number of carboxylic acids is 1. The average Bonchev–Trinajstić information content (AvgIpc) is 2.73. The minimum Gasteiger partial charge on any atom is -0.479 e. The first-order valence-electron chi connectivity index (χ1n) is 5.37. The fourth-order valence-electron chi connectivity index (χ4n) is 1.52. The molecule has 0 aliphatic rings. The lowest BCUT2D eigenvalue weighted by atomic mass is 10.2. The van der Waals surface area contributed by atoms with Crippen LogP contribution in [0.1, 0.15) is 9.67 Å². The summed E-state index contributed by atoms with van der Waals surface area (Å²) in [6, 6.07) is 7.30. The molecule has 0 spiro atoms. The van der Waals surface area contributed by atoms with E-state index in [1.54, 1.807) is 6.07 Å². The van der Waals surface area contributed by atoms with Gasteiger partial charge in [0.15, 0.2) is 6.10 Å². The maximum absolute atomic E-state index is 11.9. The van der Waals surface area contributed by atoms with Gasteiger partial charge in [-0.25, -0.2) is 4.79 Å². The summed E-state index contributed by atoms with van der Waals surface area (Å²) in [6.07, 6.45) is -1.63. The van der Waals surface area contributed by atoms with Crippen molar-refractivity contribution in [3.05, 3.63) is 34.2 Å². The highest BCUT2D eigenvalue weighted by molar-refractivity contribution is 7.21. The molecule has 19 heavy (non-hydrogen) atoms. The first kappa shape index (κ1) is 13.8. The Morgan fingerprint density at radius 2 is 2.05 bits per heavy atom. The summed E-state index contributed by atoms with van der Waals surface area (Å²) < 4.78 is 0.872. The van der Waals surface area contributed by atoms with Gasteiger partial charge in [0.25, 0.3) is 5.91 Å². The zero-order chi connectivity index (χ0) is 14.0. The van der Waals surface area contributed by atoms with Gasteiger partial charge in [-0.3, -0.25) is 4.79 Å². The van der Waals surface area contributed by atoms with E-state index in [0.29, 0.717) is 9.90 Å². The smallest absolute Gasteiger partial charge is 0.334 e. The highest BCUT2D eigenvalue weighted by Crippen LogP contribution is 2.34. The second-order valence-electron chi connectivity index (χ2n) is 3.81. The third-order valence-electron chi connectivity index (χ3n) is 2.48. The fourth-order valence-corrected chi connectivity index (χ4v) is 2.95. The van der Waals surface area contributed by atoms with Crippen LogP contribution in [0.15, 0.2) is 24.3 Å². The normalized spacial score (nSPS) is 12.3. The molecule has 0 bridgehead atoms. The van der Waals surface area contributed by atoms with Crippen molar-refractivity contribution in [2.45, 2.75) is 6.10 Å². The number of halogens is 1. The number of aliphatic carboxylic acids is 1. The Morgan fingerprint density at radius 1 is 1.37 bits per heavy atom. The molecular weight excluding hydrogens is 290 g/mol. The van der Waals surface area contributed by atoms with E-state index >= 15 is 0 Å². The zero-order valence-corrected chi connectivity index (χ0v) is 11.2. The lowest BCUT2D eigenvalue weighted by molar-refractivity contribution is -0.146. The highest BCUT2D eigenvalue weighted by Gasteiger charge is 2.19. The monoisotopic (exact) mass is 299 g/mol. The van der Waals surface area contributed by atoms with Gasteiger partial charge in [-0.15, -0.1) is 11.3 Å². The Hall–Kier alpha value is -1.63. The number of rotatable bonds is 4. The van der Waals surface area contributed by atoms with Gasteiger partial charge in [0.1, 0.15) is 4.88 Å². The van der Waals surface area contributed by atoms with Crippen LogP contribution in [-0.2, 0) is 4.79 Å². The largest absolute Gasteiger partial charge is 0.479 e. The van der Waals surface area contributed by atoms with Crippen LogP contribution in [0.2, 0.25) is 5.02 Å². The number of benzene rings is 1. The van der Waals surface area contributed by atoms with Crippen molar-refractivity contribution in [1.29, 1.82) is 0 Å². The molecule has 7 heteroatoms. The van der Waals surface area contributed by atoms with E-state index < -0.39 is 18.0 Å². The van der Waals surface area contributed by atoms with Crippen LogP contribution in [0, 0.1) is 0 Å². The Kier molecular flexibility index (Phi) is 4.04. The standard InChI is InChI=1S/C12H10ClNO4S/c13-9-6-3-1-2-4-8(6)19-10(9)11(16)14-5-7(15)12(17)18/h1-4,7,15H,5H2,(H,14,16)(H,17,18). The molecule has 3 N–H and O–H groups in total. The Bertz CT molecular complexity index is 640. The van der Waals surface area contributed by atoms with Crippen LogP contribution in [0.3, 0.4) is 0 Å². The molecule has 0 saturated carbocycles. The van der Waals surface area contributed by atoms with Gasteiger partial charge >= 0.3 is 5.97 Å². The predicted molar refractivity (Wildman–Crippen MR) is 72.8 cm³/mol. The van der Waals surface area contributed by atoms with Gasteiger partial charge in [-0.2, -0.15) is 0 Å². The van der Waals surface area contributed by atoms with Gasteiger partial charge in [-0.1, -0.05) is 29.8 Å². The number of carboxylic acid groups (broad SMARTS) is 1. The molecule has 100 valence electrons. The van der Waals surface area contributed by atoms with Crippen molar-refractivity contribution >= 4 is 44.9 Å². The lowest BCUT2D eigenvalue weighted by Crippen LogP contribution is -2.36. The molecule has 1 atom stereocenters. The quantitative estimate of drug-likeness (QED) is 0.802. The van der Waals surface area contributed by atoms with Crippen molar-refractivity contribution in [3.8, 4) is 0 Å². The van der Waals surface area contributed by atoms with Crippen molar-refractivity contribution in [2.75, 3.05) is 6.54 Å².